The van der Waals surface area contributed by atoms with Crippen LogP contribution in [-0.4, -0.2) is 23.0 Å². The average Bonchev–Trinajstić information content (AvgIpc) is 2.73. The molecule has 2 N–H and O–H groups in total. The summed E-state index contributed by atoms with van der Waals surface area (Å²) in [7, 11) is 1.65. The highest BCUT2D eigenvalue weighted by atomic mass is 16.5. The molecule has 0 bridgehead atoms. The van der Waals surface area contributed by atoms with Gasteiger partial charge in [-0.05, 0) is 37.5 Å². The quantitative estimate of drug-likeness (QED) is 0.620. The van der Waals surface area contributed by atoms with Gasteiger partial charge in [0, 0.05) is 23.9 Å². The third-order valence-electron chi connectivity index (χ3n) is 4.70. The summed E-state index contributed by atoms with van der Waals surface area (Å²) in [5.41, 5.74) is 4.30. The zero-order valence-corrected chi connectivity index (χ0v) is 17.2. The Bertz CT molecular complexity index is 1020. The predicted octanol–water partition coefficient (Wildman–Crippen LogP) is 4.53. The molecule has 150 valence electrons. The van der Waals surface area contributed by atoms with Crippen LogP contribution in [0.25, 0.3) is 0 Å². The first-order valence-electron chi connectivity index (χ1n) is 9.63. The van der Waals surface area contributed by atoms with E-state index < -0.39 is 0 Å². The second kappa shape index (κ2) is 9.19. The Morgan fingerprint density at radius 1 is 1.03 bits per heavy atom. The van der Waals surface area contributed by atoms with Gasteiger partial charge in [0.25, 0.3) is 5.91 Å². The van der Waals surface area contributed by atoms with Crippen LogP contribution in [0.15, 0.2) is 48.5 Å². The number of carbonyl (C=O) groups is 1. The minimum atomic E-state index is -0.250. The molecule has 0 aliphatic heterocycles. The van der Waals surface area contributed by atoms with E-state index in [1.807, 2.05) is 49.4 Å². The van der Waals surface area contributed by atoms with Gasteiger partial charge in [0.15, 0.2) is 0 Å². The fourth-order valence-electron chi connectivity index (χ4n) is 3.19. The lowest BCUT2D eigenvalue weighted by molar-refractivity contribution is 0.102. The lowest BCUT2D eigenvalue weighted by atomic mass is 10.1. The van der Waals surface area contributed by atoms with Gasteiger partial charge in [-0.15, -0.1) is 0 Å². The maximum Gasteiger partial charge on any atom is 0.274 e. The number of aryl methyl sites for hydroxylation is 3. The molecule has 0 fully saturated rings. The van der Waals surface area contributed by atoms with E-state index in [4.69, 9.17) is 4.74 Å². The van der Waals surface area contributed by atoms with Gasteiger partial charge in [-0.1, -0.05) is 43.3 Å². The van der Waals surface area contributed by atoms with Gasteiger partial charge >= 0.3 is 0 Å². The van der Waals surface area contributed by atoms with Crippen molar-refractivity contribution in [2.24, 2.45) is 0 Å². The number of amides is 1. The lowest BCUT2D eigenvalue weighted by Crippen LogP contribution is -2.17. The Kier molecular flexibility index (Phi) is 6.44. The number of hydrogen-bond donors (Lipinski definition) is 2. The number of benzene rings is 2. The lowest BCUT2D eigenvalue weighted by Gasteiger charge is -2.14. The van der Waals surface area contributed by atoms with Gasteiger partial charge in [-0.2, -0.15) is 0 Å². The molecule has 6 heteroatoms. The third-order valence-corrected chi connectivity index (χ3v) is 4.70. The van der Waals surface area contributed by atoms with Crippen LogP contribution in [0.5, 0.6) is 5.75 Å². The van der Waals surface area contributed by atoms with E-state index in [-0.39, 0.29) is 5.91 Å². The molecule has 0 aliphatic rings. The summed E-state index contributed by atoms with van der Waals surface area (Å²) in [6.45, 7) is 6.36. The first-order chi connectivity index (χ1) is 14.0. The van der Waals surface area contributed by atoms with Gasteiger partial charge in [-0.25, -0.2) is 9.97 Å². The van der Waals surface area contributed by atoms with Crippen molar-refractivity contribution in [3.63, 3.8) is 0 Å². The van der Waals surface area contributed by atoms with Gasteiger partial charge < -0.3 is 15.4 Å². The number of anilines is 2. The zero-order valence-electron chi connectivity index (χ0n) is 17.2. The number of aromatic nitrogens is 2. The number of carbonyl (C=O) groups excluding carboxylic acids is 1. The molecule has 2 aromatic carbocycles. The maximum atomic E-state index is 12.9. The molecule has 0 saturated carbocycles. The topological polar surface area (TPSA) is 76.1 Å². The molecular formula is C23H26N4O2. The molecule has 1 amide bonds. The van der Waals surface area contributed by atoms with Crippen molar-refractivity contribution in [2.75, 3.05) is 17.7 Å². The number of hydrogen-bond acceptors (Lipinski definition) is 5. The van der Waals surface area contributed by atoms with Crippen LogP contribution in [0.3, 0.4) is 0 Å². The number of para-hydroxylation sites is 2. The smallest absolute Gasteiger partial charge is 0.274 e. The number of nitrogens with one attached hydrogen (secondary N) is 2. The van der Waals surface area contributed by atoms with E-state index in [0.29, 0.717) is 23.9 Å². The van der Waals surface area contributed by atoms with Crippen molar-refractivity contribution in [3.8, 4) is 5.75 Å². The summed E-state index contributed by atoms with van der Waals surface area (Å²) in [5, 5.41) is 6.27. The highest BCUT2D eigenvalue weighted by Gasteiger charge is 2.14. The first-order valence-corrected chi connectivity index (χ1v) is 9.63. The molecule has 0 atom stereocenters. The Balaban J connectivity index is 1.79. The Morgan fingerprint density at radius 3 is 2.55 bits per heavy atom. The van der Waals surface area contributed by atoms with Gasteiger partial charge in [0.1, 0.15) is 23.1 Å². The van der Waals surface area contributed by atoms with Crippen molar-refractivity contribution in [3.05, 3.63) is 76.7 Å². The van der Waals surface area contributed by atoms with E-state index in [9.17, 15) is 4.79 Å². The molecular weight excluding hydrogens is 364 g/mol. The van der Waals surface area contributed by atoms with Crippen molar-refractivity contribution in [2.45, 2.75) is 33.7 Å². The van der Waals surface area contributed by atoms with Crippen LogP contribution in [-0.2, 0) is 13.0 Å². The van der Waals surface area contributed by atoms with Crippen molar-refractivity contribution < 1.29 is 9.53 Å². The SMILES string of the molecule is CCc1cccc(C)c1NC(=O)c1cc(NCc2ccccc2OC)nc(C)n1. The fraction of sp³-hybridized carbons (Fsp3) is 0.261. The Morgan fingerprint density at radius 2 is 1.79 bits per heavy atom. The highest BCUT2D eigenvalue weighted by Crippen LogP contribution is 2.22. The van der Waals surface area contributed by atoms with E-state index in [0.717, 1.165) is 34.5 Å². The van der Waals surface area contributed by atoms with E-state index in [2.05, 4.69) is 27.5 Å². The molecule has 6 nitrogen and oxygen atoms in total. The second-order valence-electron chi connectivity index (χ2n) is 6.77. The predicted molar refractivity (Wildman–Crippen MR) is 116 cm³/mol. The van der Waals surface area contributed by atoms with E-state index in [1.165, 1.54) is 0 Å². The fourth-order valence-corrected chi connectivity index (χ4v) is 3.19. The summed E-state index contributed by atoms with van der Waals surface area (Å²) in [4.78, 5) is 21.6. The molecule has 3 aromatic rings. The number of rotatable bonds is 7. The normalized spacial score (nSPS) is 10.5. The molecule has 0 radical (unpaired) electrons. The van der Waals surface area contributed by atoms with Gasteiger partial charge in [0.2, 0.25) is 0 Å². The molecule has 29 heavy (non-hydrogen) atoms. The molecule has 0 unspecified atom stereocenters. The number of methoxy groups -OCH3 is 1. The van der Waals surface area contributed by atoms with Crippen molar-refractivity contribution >= 4 is 17.4 Å². The van der Waals surface area contributed by atoms with Crippen molar-refractivity contribution in [1.29, 1.82) is 0 Å². The highest BCUT2D eigenvalue weighted by molar-refractivity contribution is 6.04. The second-order valence-corrected chi connectivity index (χ2v) is 6.77. The van der Waals surface area contributed by atoms with Crippen LogP contribution in [0.2, 0.25) is 0 Å². The van der Waals surface area contributed by atoms with Crippen LogP contribution in [0.4, 0.5) is 11.5 Å². The Labute approximate surface area is 171 Å². The maximum absolute atomic E-state index is 12.9. The molecule has 1 heterocycles. The van der Waals surface area contributed by atoms with Crippen molar-refractivity contribution in [1.82, 2.24) is 9.97 Å². The van der Waals surface area contributed by atoms with E-state index >= 15 is 0 Å². The molecule has 3 rings (SSSR count). The summed E-state index contributed by atoms with van der Waals surface area (Å²) in [6, 6.07) is 15.5. The zero-order chi connectivity index (χ0) is 20.8. The molecule has 1 aromatic heterocycles. The summed E-state index contributed by atoms with van der Waals surface area (Å²) in [5.74, 6) is 1.67. The average molecular weight is 390 g/mol. The largest absolute Gasteiger partial charge is 0.496 e. The summed E-state index contributed by atoms with van der Waals surface area (Å²) >= 11 is 0. The molecule has 0 aliphatic carbocycles. The minimum absolute atomic E-state index is 0.250. The van der Waals surface area contributed by atoms with Crippen LogP contribution < -0.4 is 15.4 Å². The Hall–Kier alpha value is -3.41. The van der Waals surface area contributed by atoms with Gasteiger partial charge in [-0.3, -0.25) is 4.79 Å². The summed E-state index contributed by atoms with van der Waals surface area (Å²) in [6.07, 6.45) is 0.839. The van der Waals surface area contributed by atoms with E-state index in [1.54, 1.807) is 20.1 Å². The third kappa shape index (κ3) is 4.90. The molecule has 0 spiro atoms. The van der Waals surface area contributed by atoms with Gasteiger partial charge in [0.05, 0.1) is 7.11 Å². The standard InChI is InChI=1S/C23H26N4O2/c1-5-17-11-8-9-15(2)22(17)27-23(28)19-13-21(26-16(3)25-19)24-14-18-10-6-7-12-20(18)29-4/h6-13H,5,14H2,1-4H3,(H,27,28)(H,24,25,26). The monoisotopic (exact) mass is 390 g/mol. The van der Waals surface area contributed by atoms with Crippen LogP contribution >= 0.6 is 0 Å². The molecule has 0 saturated heterocycles. The minimum Gasteiger partial charge on any atom is -0.496 e. The number of nitrogens with zero attached hydrogens (tertiary/aromatic N) is 2. The van der Waals surface area contributed by atoms with Crippen LogP contribution in [0.1, 0.15) is 39.9 Å². The first kappa shape index (κ1) is 20.3. The number of ether oxygens (including phenoxy) is 1. The van der Waals surface area contributed by atoms with Crippen LogP contribution in [0, 0.1) is 13.8 Å². The summed E-state index contributed by atoms with van der Waals surface area (Å²) < 4.78 is 5.38.